The summed E-state index contributed by atoms with van der Waals surface area (Å²) in [6, 6.07) is 13.4. The molecule has 0 aromatic heterocycles. The van der Waals surface area contributed by atoms with E-state index < -0.39 is 6.09 Å². The van der Waals surface area contributed by atoms with Crippen LogP contribution >= 0.6 is 11.6 Å². The van der Waals surface area contributed by atoms with E-state index in [9.17, 15) is 14.4 Å². The number of halogens is 1. The molecule has 0 heterocycles. The second-order valence-corrected chi connectivity index (χ2v) is 7.55. The molecule has 0 unspecified atom stereocenters. The summed E-state index contributed by atoms with van der Waals surface area (Å²) < 4.78 is 5.07. The highest BCUT2D eigenvalue weighted by Crippen LogP contribution is 2.16. The minimum atomic E-state index is -0.538. The third kappa shape index (κ3) is 8.53. The molecule has 0 saturated heterocycles. The number of ether oxygens (including phenoxy) is 1. The highest BCUT2D eigenvalue weighted by Gasteiger charge is 2.08. The van der Waals surface area contributed by atoms with Crippen LogP contribution in [0.3, 0.4) is 0 Å². The quantitative estimate of drug-likeness (QED) is 0.501. The van der Waals surface area contributed by atoms with Gasteiger partial charge in [-0.25, -0.2) is 4.79 Å². The number of rotatable bonds is 9. The maximum Gasteiger partial charge on any atom is 0.411 e. The average Bonchev–Trinajstić information content (AvgIpc) is 2.70. The van der Waals surface area contributed by atoms with Gasteiger partial charge in [0, 0.05) is 34.9 Å². The Hall–Kier alpha value is -3.06. The predicted octanol–water partition coefficient (Wildman–Crippen LogP) is 4.69. The standard InChI is InChI=1S/C22H26ClN3O4/c1-15(2)14-30-22(29)26-19-6-3-5-18(13-19)25-20(27)7-4-12-24-21(28)16-8-10-17(23)11-9-16/h3,5-6,8-11,13,15H,4,7,12,14H2,1-2H3,(H,24,28)(H,25,27)(H,26,29). The molecular formula is C22H26ClN3O4. The maximum absolute atomic E-state index is 12.1. The van der Waals surface area contributed by atoms with Gasteiger partial charge in [-0.05, 0) is 54.8 Å². The van der Waals surface area contributed by atoms with Gasteiger partial charge >= 0.3 is 6.09 Å². The monoisotopic (exact) mass is 431 g/mol. The van der Waals surface area contributed by atoms with Gasteiger partial charge in [-0.3, -0.25) is 14.9 Å². The van der Waals surface area contributed by atoms with Crippen molar-refractivity contribution in [3.8, 4) is 0 Å². The number of anilines is 2. The Bertz CT molecular complexity index is 869. The first-order chi connectivity index (χ1) is 14.3. The van der Waals surface area contributed by atoms with Crippen molar-refractivity contribution < 1.29 is 19.1 Å². The second-order valence-electron chi connectivity index (χ2n) is 7.11. The minimum absolute atomic E-state index is 0.185. The Balaban J connectivity index is 1.72. The van der Waals surface area contributed by atoms with Gasteiger partial charge in [-0.1, -0.05) is 31.5 Å². The van der Waals surface area contributed by atoms with E-state index >= 15 is 0 Å². The number of carbonyl (C=O) groups excluding carboxylic acids is 3. The number of amides is 3. The van der Waals surface area contributed by atoms with Crippen LogP contribution in [0.5, 0.6) is 0 Å². The molecule has 3 amide bonds. The Morgan fingerprint density at radius 3 is 2.33 bits per heavy atom. The zero-order chi connectivity index (χ0) is 21.9. The molecule has 0 spiro atoms. The lowest BCUT2D eigenvalue weighted by molar-refractivity contribution is -0.116. The zero-order valence-electron chi connectivity index (χ0n) is 17.0. The first-order valence-electron chi connectivity index (χ1n) is 9.71. The number of benzene rings is 2. The van der Waals surface area contributed by atoms with Gasteiger partial charge in [0.2, 0.25) is 5.91 Å². The fourth-order valence-electron chi connectivity index (χ4n) is 2.45. The predicted molar refractivity (Wildman–Crippen MR) is 118 cm³/mol. The molecule has 0 fully saturated rings. The summed E-state index contributed by atoms with van der Waals surface area (Å²) in [5, 5.41) is 8.73. The molecule has 8 heteroatoms. The van der Waals surface area contributed by atoms with Crippen LogP contribution in [0.25, 0.3) is 0 Å². The van der Waals surface area contributed by atoms with Gasteiger partial charge in [0.05, 0.1) is 6.61 Å². The molecule has 2 aromatic rings. The lowest BCUT2D eigenvalue weighted by atomic mass is 10.2. The van der Waals surface area contributed by atoms with Crippen LogP contribution in [-0.4, -0.2) is 31.1 Å². The third-order valence-corrected chi connectivity index (χ3v) is 4.17. The van der Waals surface area contributed by atoms with E-state index in [1.165, 1.54) is 0 Å². The normalized spacial score (nSPS) is 10.4. The molecule has 7 nitrogen and oxygen atoms in total. The molecule has 0 radical (unpaired) electrons. The Morgan fingerprint density at radius 2 is 1.67 bits per heavy atom. The number of carbonyl (C=O) groups is 3. The van der Waals surface area contributed by atoms with Crippen LogP contribution in [0.1, 0.15) is 37.0 Å². The van der Waals surface area contributed by atoms with E-state index in [1.807, 2.05) is 13.8 Å². The molecule has 3 N–H and O–H groups in total. The van der Waals surface area contributed by atoms with Crippen LogP contribution in [0.15, 0.2) is 48.5 Å². The van der Waals surface area contributed by atoms with Gasteiger partial charge in [0.1, 0.15) is 0 Å². The molecule has 0 aliphatic heterocycles. The molecule has 2 aromatic carbocycles. The van der Waals surface area contributed by atoms with Crippen LogP contribution in [-0.2, 0) is 9.53 Å². The maximum atomic E-state index is 12.1. The van der Waals surface area contributed by atoms with Crippen LogP contribution in [0.2, 0.25) is 5.02 Å². The van der Waals surface area contributed by atoms with Crippen molar-refractivity contribution >= 4 is 40.9 Å². The highest BCUT2D eigenvalue weighted by molar-refractivity contribution is 6.30. The van der Waals surface area contributed by atoms with Crippen molar-refractivity contribution in [1.29, 1.82) is 0 Å². The van der Waals surface area contributed by atoms with Crippen molar-refractivity contribution in [2.75, 3.05) is 23.8 Å². The summed E-state index contributed by atoms with van der Waals surface area (Å²) in [7, 11) is 0. The Morgan fingerprint density at radius 1 is 1.00 bits per heavy atom. The first kappa shape index (κ1) is 23.2. The van der Waals surface area contributed by atoms with Crippen molar-refractivity contribution in [2.24, 2.45) is 5.92 Å². The molecule has 2 rings (SSSR count). The van der Waals surface area contributed by atoms with E-state index in [2.05, 4.69) is 16.0 Å². The van der Waals surface area contributed by atoms with Crippen LogP contribution < -0.4 is 16.0 Å². The van der Waals surface area contributed by atoms with Gasteiger partial charge in [-0.2, -0.15) is 0 Å². The van der Waals surface area contributed by atoms with Crippen molar-refractivity contribution in [3.05, 3.63) is 59.1 Å². The van der Waals surface area contributed by atoms with E-state index in [0.717, 1.165) is 0 Å². The summed E-state index contributed by atoms with van der Waals surface area (Å²) in [6.45, 7) is 4.61. The minimum Gasteiger partial charge on any atom is -0.449 e. The van der Waals surface area contributed by atoms with Crippen molar-refractivity contribution in [3.63, 3.8) is 0 Å². The molecule has 0 bridgehead atoms. The van der Waals surface area contributed by atoms with E-state index in [0.29, 0.717) is 41.5 Å². The molecule has 0 aliphatic rings. The van der Waals surface area contributed by atoms with Crippen LogP contribution in [0, 0.1) is 5.92 Å². The fourth-order valence-corrected chi connectivity index (χ4v) is 2.57. The van der Waals surface area contributed by atoms with Gasteiger partial charge in [0.25, 0.3) is 5.91 Å². The second kappa shape index (κ2) is 11.8. The molecule has 0 atom stereocenters. The lowest BCUT2D eigenvalue weighted by Gasteiger charge is -2.10. The van der Waals surface area contributed by atoms with Crippen LogP contribution in [0.4, 0.5) is 16.2 Å². The van der Waals surface area contributed by atoms with E-state index in [-0.39, 0.29) is 24.2 Å². The largest absolute Gasteiger partial charge is 0.449 e. The average molecular weight is 432 g/mol. The fraction of sp³-hybridized carbons (Fsp3) is 0.318. The van der Waals surface area contributed by atoms with Crippen molar-refractivity contribution in [1.82, 2.24) is 5.32 Å². The van der Waals surface area contributed by atoms with E-state index in [1.54, 1.807) is 48.5 Å². The van der Waals surface area contributed by atoms with Gasteiger partial charge < -0.3 is 15.4 Å². The zero-order valence-corrected chi connectivity index (χ0v) is 17.8. The SMILES string of the molecule is CC(C)COC(=O)Nc1cccc(NC(=O)CCCNC(=O)c2ccc(Cl)cc2)c1. The summed E-state index contributed by atoms with van der Waals surface area (Å²) >= 11 is 5.80. The van der Waals surface area contributed by atoms with Gasteiger partial charge in [0.15, 0.2) is 0 Å². The van der Waals surface area contributed by atoms with E-state index in [4.69, 9.17) is 16.3 Å². The molecule has 0 aliphatic carbocycles. The molecule has 0 saturated carbocycles. The summed E-state index contributed by atoms with van der Waals surface area (Å²) in [5.41, 5.74) is 1.60. The van der Waals surface area contributed by atoms with Crippen molar-refractivity contribution in [2.45, 2.75) is 26.7 Å². The topological polar surface area (TPSA) is 96.5 Å². The Kier molecular flexibility index (Phi) is 9.15. The molecule has 30 heavy (non-hydrogen) atoms. The molecule has 160 valence electrons. The summed E-state index contributed by atoms with van der Waals surface area (Å²) in [6.07, 6.45) is 0.197. The highest BCUT2D eigenvalue weighted by atomic mass is 35.5. The summed E-state index contributed by atoms with van der Waals surface area (Å²) in [5.74, 6) is -0.150. The van der Waals surface area contributed by atoms with Gasteiger partial charge in [-0.15, -0.1) is 0 Å². The first-order valence-corrected chi connectivity index (χ1v) is 10.1. The number of hydrogen-bond donors (Lipinski definition) is 3. The molecular weight excluding hydrogens is 406 g/mol. The number of hydrogen-bond acceptors (Lipinski definition) is 4. The number of nitrogens with one attached hydrogen (secondary N) is 3. The third-order valence-electron chi connectivity index (χ3n) is 3.91. The lowest BCUT2D eigenvalue weighted by Crippen LogP contribution is -2.25. The summed E-state index contributed by atoms with van der Waals surface area (Å²) in [4.78, 5) is 35.9. The Labute approximate surface area is 181 Å². The smallest absolute Gasteiger partial charge is 0.411 e.